The minimum atomic E-state index is -0.323. The molecule has 2 aromatic heterocycles. The zero-order chi connectivity index (χ0) is 18.9. The molecule has 0 spiro atoms. The largest absolute Gasteiger partial charge is 0.393 e. The van der Waals surface area contributed by atoms with E-state index in [1.807, 2.05) is 19.2 Å². The molecular weight excluding hydrogens is 344 g/mol. The maximum absolute atomic E-state index is 9.56. The van der Waals surface area contributed by atoms with Crippen LogP contribution in [-0.2, 0) is 6.42 Å². The summed E-state index contributed by atoms with van der Waals surface area (Å²) < 4.78 is 0. The first-order valence-corrected chi connectivity index (χ1v) is 10.1. The zero-order valence-electron chi connectivity index (χ0n) is 16.3. The highest BCUT2D eigenvalue weighted by Gasteiger charge is 2.37. The molecule has 6 heteroatoms. The molecule has 0 radical (unpaired) electrons. The lowest BCUT2D eigenvalue weighted by Crippen LogP contribution is -2.60. The summed E-state index contributed by atoms with van der Waals surface area (Å²) in [5.74, 6) is 0.687. The van der Waals surface area contributed by atoms with E-state index in [0.29, 0.717) is 18.4 Å². The molecule has 142 valence electrons. The number of aliphatic hydroxyl groups is 1. The van der Waals surface area contributed by atoms with Crippen LogP contribution in [-0.4, -0.2) is 38.3 Å². The molecule has 1 atom stereocenters. The molecule has 3 rings (SSSR count). The van der Waals surface area contributed by atoms with Crippen LogP contribution in [0.4, 0.5) is 5.95 Å². The van der Waals surface area contributed by atoms with Crippen molar-refractivity contribution in [1.29, 1.82) is 0 Å². The van der Waals surface area contributed by atoms with Gasteiger partial charge in [-0.2, -0.15) is 0 Å². The predicted molar refractivity (Wildman–Crippen MR) is 109 cm³/mol. The molecule has 0 bridgehead atoms. The quantitative estimate of drug-likeness (QED) is 0.742. The Bertz CT molecular complexity index is 738. The Labute approximate surface area is 160 Å². The summed E-state index contributed by atoms with van der Waals surface area (Å²) in [6.07, 6.45) is 4.23. The number of aliphatic hydroxyl groups excluding tert-OH is 1. The van der Waals surface area contributed by atoms with E-state index in [9.17, 15) is 5.11 Å². The van der Waals surface area contributed by atoms with Gasteiger partial charge in [0.25, 0.3) is 0 Å². The van der Waals surface area contributed by atoms with E-state index < -0.39 is 0 Å². The highest BCUT2D eigenvalue weighted by molar-refractivity contribution is 7.15. The lowest BCUT2D eigenvalue weighted by atomic mass is 9.80. The Hall–Kier alpha value is -1.50. The fraction of sp³-hybridized carbons (Fsp3) is 0.600. The molecule has 1 saturated heterocycles. The smallest absolute Gasteiger partial charge is 0.223 e. The van der Waals surface area contributed by atoms with E-state index >= 15 is 0 Å². The maximum Gasteiger partial charge on any atom is 0.223 e. The van der Waals surface area contributed by atoms with Crippen molar-refractivity contribution < 1.29 is 5.11 Å². The number of rotatable bonds is 5. The zero-order valence-corrected chi connectivity index (χ0v) is 17.2. The van der Waals surface area contributed by atoms with Crippen molar-refractivity contribution in [3.8, 4) is 10.6 Å². The Morgan fingerprint density at radius 3 is 2.58 bits per heavy atom. The number of hydrogen-bond donors (Lipinski definition) is 3. The molecular formula is C20H30N4OS. The van der Waals surface area contributed by atoms with Crippen molar-refractivity contribution in [3.05, 3.63) is 29.3 Å². The van der Waals surface area contributed by atoms with E-state index in [1.165, 1.54) is 4.88 Å². The van der Waals surface area contributed by atoms with Crippen molar-refractivity contribution in [2.75, 3.05) is 5.32 Å². The van der Waals surface area contributed by atoms with E-state index in [0.717, 1.165) is 23.4 Å². The second-order valence-corrected chi connectivity index (χ2v) is 9.90. The first-order chi connectivity index (χ1) is 12.1. The van der Waals surface area contributed by atoms with Crippen LogP contribution in [0.25, 0.3) is 10.6 Å². The van der Waals surface area contributed by atoms with Crippen LogP contribution >= 0.6 is 11.3 Å². The molecule has 1 fully saturated rings. The van der Waals surface area contributed by atoms with Gasteiger partial charge in [0.1, 0.15) is 0 Å². The van der Waals surface area contributed by atoms with Crippen molar-refractivity contribution >= 4 is 17.3 Å². The molecule has 0 saturated carbocycles. The Morgan fingerprint density at radius 2 is 1.92 bits per heavy atom. The van der Waals surface area contributed by atoms with E-state index in [1.54, 1.807) is 11.3 Å². The van der Waals surface area contributed by atoms with Crippen LogP contribution in [0.5, 0.6) is 0 Å². The van der Waals surface area contributed by atoms with E-state index in [-0.39, 0.29) is 17.2 Å². The Kier molecular flexibility index (Phi) is 5.37. The third kappa shape index (κ3) is 5.02. The van der Waals surface area contributed by atoms with Gasteiger partial charge in [0.2, 0.25) is 5.95 Å². The third-order valence-electron chi connectivity index (χ3n) is 4.59. The normalized spacial score (nSPS) is 20.7. The Morgan fingerprint density at radius 1 is 1.23 bits per heavy atom. The van der Waals surface area contributed by atoms with E-state index in [2.05, 4.69) is 55.4 Å². The number of anilines is 1. The molecule has 0 aliphatic carbocycles. The minimum Gasteiger partial charge on any atom is -0.393 e. The van der Waals surface area contributed by atoms with Gasteiger partial charge in [0.15, 0.2) is 0 Å². The van der Waals surface area contributed by atoms with Crippen LogP contribution in [0.3, 0.4) is 0 Å². The number of nitrogens with zero attached hydrogens (tertiary/aromatic N) is 2. The average molecular weight is 375 g/mol. The van der Waals surface area contributed by atoms with Gasteiger partial charge in [-0.1, -0.05) is 0 Å². The van der Waals surface area contributed by atoms with Gasteiger partial charge < -0.3 is 15.7 Å². The lowest BCUT2D eigenvalue weighted by molar-refractivity contribution is 0.170. The fourth-order valence-corrected chi connectivity index (χ4v) is 5.19. The maximum atomic E-state index is 9.56. The van der Waals surface area contributed by atoms with Crippen molar-refractivity contribution in [3.63, 3.8) is 0 Å². The van der Waals surface area contributed by atoms with Crippen LogP contribution in [0.1, 0.15) is 52.3 Å². The third-order valence-corrected chi connectivity index (χ3v) is 5.72. The van der Waals surface area contributed by atoms with Crippen molar-refractivity contribution in [2.45, 2.75) is 77.1 Å². The molecule has 26 heavy (non-hydrogen) atoms. The molecule has 2 aromatic rings. The SMILES string of the molecule is CC(O)Cc1ccc(-c2ccnc(NC3CC(C)(C)NC(C)(C)C3)n2)s1. The first kappa shape index (κ1) is 19.3. The summed E-state index contributed by atoms with van der Waals surface area (Å²) >= 11 is 1.68. The van der Waals surface area contributed by atoms with Gasteiger partial charge in [0.05, 0.1) is 16.7 Å². The summed E-state index contributed by atoms with van der Waals surface area (Å²) in [5.41, 5.74) is 1.10. The van der Waals surface area contributed by atoms with Crippen molar-refractivity contribution in [1.82, 2.24) is 15.3 Å². The monoisotopic (exact) mass is 374 g/mol. The summed E-state index contributed by atoms with van der Waals surface area (Å²) in [5, 5.41) is 16.8. The molecule has 3 N–H and O–H groups in total. The van der Waals surface area contributed by atoms with Gasteiger partial charge in [-0.15, -0.1) is 11.3 Å². The fourth-order valence-electron chi connectivity index (χ4n) is 4.09. The highest BCUT2D eigenvalue weighted by atomic mass is 32.1. The lowest BCUT2D eigenvalue weighted by Gasteiger charge is -2.46. The van der Waals surface area contributed by atoms with Crippen LogP contribution < -0.4 is 10.6 Å². The average Bonchev–Trinajstić information content (AvgIpc) is 2.91. The second-order valence-electron chi connectivity index (χ2n) is 8.73. The van der Waals surface area contributed by atoms with Crippen molar-refractivity contribution in [2.24, 2.45) is 0 Å². The molecule has 1 aliphatic heterocycles. The van der Waals surface area contributed by atoms with Gasteiger partial charge >= 0.3 is 0 Å². The summed E-state index contributed by atoms with van der Waals surface area (Å²) in [4.78, 5) is 11.4. The standard InChI is InChI=1S/C20H30N4OS/c1-13(25)10-15-6-7-17(26-15)16-8-9-21-18(23-16)22-14-11-19(2,3)24-20(4,5)12-14/h6-9,13-14,24-25H,10-12H2,1-5H3,(H,21,22,23). The summed E-state index contributed by atoms with van der Waals surface area (Å²) in [6, 6.07) is 6.43. The predicted octanol–water partition coefficient (Wildman–Crippen LogP) is 3.85. The molecule has 1 aliphatic rings. The number of aromatic nitrogens is 2. The minimum absolute atomic E-state index is 0.0840. The second kappa shape index (κ2) is 7.25. The van der Waals surface area contributed by atoms with Gasteiger partial charge in [-0.3, -0.25) is 0 Å². The number of nitrogens with one attached hydrogen (secondary N) is 2. The highest BCUT2D eigenvalue weighted by Crippen LogP contribution is 2.31. The molecule has 0 amide bonds. The first-order valence-electron chi connectivity index (χ1n) is 9.28. The molecule has 3 heterocycles. The molecule has 0 aromatic carbocycles. The Balaban J connectivity index is 1.74. The van der Waals surface area contributed by atoms with E-state index in [4.69, 9.17) is 4.98 Å². The van der Waals surface area contributed by atoms with Gasteiger partial charge in [-0.05, 0) is 65.7 Å². The van der Waals surface area contributed by atoms with Gasteiger partial charge in [-0.25, -0.2) is 9.97 Å². The number of thiophene rings is 1. The van der Waals surface area contributed by atoms with Crippen LogP contribution in [0.15, 0.2) is 24.4 Å². The molecule has 1 unspecified atom stereocenters. The summed E-state index contributed by atoms with van der Waals surface area (Å²) in [7, 11) is 0. The molecule has 5 nitrogen and oxygen atoms in total. The number of hydrogen-bond acceptors (Lipinski definition) is 6. The summed E-state index contributed by atoms with van der Waals surface area (Å²) in [6.45, 7) is 10.8. The number of piperidine rings is 1. The topological polar surface area (TPSA) is 70.1 Å². The van der Waals surface area contributed by atoms with Crippen LogP contribution in [0, 0.1) is 0 Å². The van der Waals surface area contributed by atoms with Gasteiger partial charge in [0, 0.05) is 34.6 Å². The van der Waals surface area contributed by atoms with Crippen LogP contribution in [0.2, 0.25) is 0 Å².